The van der Waals surface area contributed by atoms with E-state index in [1.165, 1.54) is 0 Å². The maximum atomic E-state index is 10.0. The van der Waals surface area contributed by atoms with Crippen LogP contribution in [0.25, 0.3) is 0 Å². The Morgan fingerprint density at radius 1 is 2.00 bits per heavy atom. The molecule has 1 heterocycles. The molecule has 1 rings (SSSR count). The van der Waals surface area contributed by atoms with Gasteiger partial charge in [0.15, 0.2) is 5.80 Å². The van der Waals surface area contributed by atoms with Gasteiger partial charge in [-0.3, -0.25) is 0 Å². The van der Waals surface area contributed by atoms with Gasteiger partial charge in [0.1, 0.15) is 0 Å². The van der Waals surface area contributed by atoms with Gasteiger partial charge in [-0.1, -0.05) is 0 Å². The van der Waals surface area contributed by atoms with Crippen LogP contribution in [0.15, 0.2) is 0 Å². The molecule has 6 heavy (non-hydrogen) atoms. The van der Waals surface area contributed by atoms with Crippen molar-refractivity contribution < 1.29 is 9.73 Å². The zero-order chi connectivity index (χ0) is 4.57. The lowest BCUT2D eigenvalue weighted by atomic mass is 10.9. The summed E-state index contributed by atoms with van der Waals surface area (Å²) < 4.78 is 0. The Labute approximate surface area is 36.1 Å². The fourth-order valence-corrected chi connectivity index (χ4v) is 0.710. The number of hydrogen-bond acceptors (Lipinski definition) is 3. The molecule has 0 saturated heterocycles. The van der Waals surface area contributed by atoms with Crippen LogP contribution >= 0.6 is 7.77 Å². The van der Waals surface area contributed by atoms with Crippen LogP contribution in [0.4, 0.5) is 0 Å². The van der Waals surface area contributed by atoms with Crippen LogP contribution in [0.1, 0.15) is 0 Å². The Bertz CT molecular complexity index is 91.5. The third-order valence-corrected chi connectivity index (χ3v) is 1.57. The molecule has 0 aromatic heterocycles. The van der Waals surface area contributed by atoms with Crippen molar-refractivity contribution in [2.24, 2.45) is 5.90 Å². The zero-order valence-electron chi connectivity index (χ0n) is 3.00. The van der Waals surface area contributed by atoms with Crippen LogP contribution in [0.2, 0.25) is 0 Å². The topological polar surface area (TPSA) is 58.3 Å². The van der Waals surface area contributed by atoms with E-state index in [-0.39, 0.29) is 5.85 Å². The largest absolute Gasteiger partial charge is 0.628 e. The first-order valence-electron chi connectivity index (χ1n) is 1.50. The smallest absolute Gasteiger partial charge is 0.284 e. The Kier molecular flexibility index (Phi) is 0.898. The van der Waals surface area contributed by atoms with Crippen molar-refractivity contribution in [2.75, 3.05) is 0 Å². The fourth-order valence-electron chi connectivity index (χ4n) is 0.182. The van der Waals surface area contributed by atoms with Crippen molar-refractivity contribution in [3.8, 4) is 0 Å². The predicted molar refractivity (Wildman–Crippen MR) is 22.0 cm³/mol. The monoisotopic (exact) mass is 105 g/mol. The van der Waals surface area contributed by atoms with E-state index in [9.17, 15) is 4.89 Å². The van der Waals surface area contributed by atoms with Crippen molar-refractivity contribution in [1.29, 1.82) is 0 Å². The van der Waals surface area contributed by atoms with Crippen molar-refractivity contribution in [3.63, 3.8) is 0 Å². The van der Waals surface area contributed by atoms with Crippen LogP contribution in [0.5, 0.6) is 0 Å². The second-order valence-electron chi connectivity index (χ2n) is 1.04. The number of hydrogen-bond donors (Lipinski definition) is 1. The highest BCUT2D eigenvalue weighted by Crippen LogP contribution is 2.32. The standard InChI is InChI=1S/C2H4NO2P/c3-5-2-1-6(2)4/h1-2H,3H2. The van der Waals surface area contributed by atoms with Gasteiger partial charge >= 0.3 is 0 Å². The first-order valence-corrected chi connectivity index (χ1v) is 2.90. The third-order valence-electron chi connectivity index (χ3n) is 0.575. The van der Waals surface area contributed by atoms with Crippen molar-refractivity contribution in [2.45, 2.75) is 5.85 Å². The summed E-state index contributed by atoms with van der Waals surface area (Å²) in [5.74, 6) is 5.92. The summed E-state index contributed by atoms with van der Waals surface area (Å²) >= 11 is 0. The van der Waals surface area contributed by atoms with Crippen molar-refractivity contribution in [3.05, 3.63) is 0 Å². The average molecular weight is 105 g/mol. The molecule has 0 radical (unpaired) electrons. The molecular weight excluding hydrogens is 101 g/mol. The van der Waals surface area contributed by atoms with E-state index >= 15 is 0 Å². The van der Waals surface area contributed by atoms with Crippen LogP contribution in [-0.4, -0.2) is 11.6 Å². The minimum Gasteiger partial charge on any atom is -0.628 e. The minimum absolute atomic E-state index is 0.236. The maximum Gasteiger partial charge on any atom is 0.284 e. The Morgan fingerprint density at radius 2 is 2.50 bits per heavy atom. The number of nitrogens with two attached hydrogens (primary N) is 1. The van der Waals surface area contributed by atoms with Gasteiger partial charge in [-0.2, -0.15) is 0 Å². The summed E-state index contributed by atoms with van der Waals surface area (Å²) in [7, 11) is -1.16. The van der Waals surface area contributed by atoms with Gasteiger partial charge in [-0.15, -0.1) is 0 Å². The lowest BCUT2D eigenvalue weighted by molar-refractivity contribution is -0.154. The molecule has 1 aliphatic rings. The molecule has 2 atom stereocenters. The summed E-state index contributed by atoms with van der Waals surface area (Å²) in [6.07, 6.45) is 0. The molecule has 2 N–H and O–H groups in total. The van der Waals surface area contributed by atoms with Gasteiger partial charge in [-0.05, 0) is 0 Å². The summed E-state index contributed by atoms with van der Waals surface area (Å²) in [6, 6.07) is 0. The van der Waals surface area contributed by atoms with E-state index in [1.54, 1.807) is 5.80 Å². The Balaban J connectivity index is 2.18. The van der Waals surface area contributed by atoms with E-state index in [1.807, 2.05) is 0 Å². The SMILES string of the molecule is NOC1C=[P+]1[O-]. The van der Waals surface area contributed by atoms with Gasteiger partial charge in [-0.25, -0.2) is 10.7 Å². The fraction of sp³-hybridized carbons (Fsp3) is 0.500. The lowest BCUT2D eigenvalue weighted by Crippen LogP contribution is -2.04. The van der Waals surface area contributed by atoms with Crippen LogP contribution in [-0.2, 0) is 4.84 Å². The molecule has 2 unspecified atom stereocenters. The predicted octanol–water partition coefficient (Wildman–Crippen LogP) is -1.22. The molecule has 3 nitrogen and oxygen atoms in total. The molecule has 4 heteroatoms. The molecule has 0 aromatic rings. The van der Waals surface area contributed by atoms with E-state index in [4.69, 9.17) is 0 Å². The lowest BCUT2D eigenvalue weighted by Gasteiger charge is -1.81. The van der Waals surface area contributed by atoms with Gasteiger partial charge in [0.2, 0.25) is 0 Å². The maximum absolute atomic E-state index is 10.0. The molecule has 0 bridgehead atoms. The Morgan fingerprint density at radius 3 is 2.50 bits per heavy atom. The molecule has 0 fully saturated rings. The molecule has 34 valence electrons. The summed E-state index contributed by atoms with van der Waals surface area (Å²) in [5.41, 5.74) is 0. The minimum atomic E-state index is -1.16. The van der Waals surface area contributed by atoms with E-state index < -0.39 is 7.77 Å². The van der Waals surface area contributed by atoms with Crippen LogP contribution in [0, 0.1) is 0 Å². The molecule has 0 aromatic carbocycles. The molecule has 0 aliphatic carbocycles. The molecule has 0 amide bonds. The van der Waals surface area contributed by atoms with Gasteiger partial charge in [0.05, 0.1) is 7.77 Å². The van der Waals surface area contributed by atoms with Gasteiger partial charge in [0, 0.05) is 0 Å². The summed E-state index contributed by atoms with van der Waals surface area (Å²) in [5, 5.41) is 0. The first kappa shape index (κ1) is 4.22. The van der Waals surface area contributed by atoms with Gasteiger partial charge in [0.25, 0.3) is 5.85 Å². The normalized spacial score (nSPS) is 35.7. The third kappa shape index (κ3) is 0.581. The highest BCUT2D eigenvalue weighted by atomic mass is 31.1. The number of rotatable bonds is 1. The molecular formula is C2H4NO2P. The van der Waals surface area contributed by atoms with E-state index in [0.29, 0.717) is 0 Å². The van der Waals surface area contributed by atoms with Crippen LogP contribution < -0.4 is 10.8 Å². The second kappa shape index (κ2) is 1.28. The highest BCUT2D eigenvalue weighted by Gasteiger charge is 2.30. The Hall–Kier alpha value is 0.0500. The van der Waals surface area contributed by atoms with E-state index in [0.717, 1.165) is 0 Å². The molecule has 0 spiro atoms. The summed E-state index contributed by atoms with van der Waals surface area (Å²) in [6.45, 7) is 0. The van der Waals surface area contributed by atoms with Crippen LogP contribution in [0.3, 0.4) is 0 Å². The first-order chi connectivity index (χ1) is 2.84. The van der Waals surface area contributed by atoms with Gasteiger partial charge < -0.3 is 4.89 Å². The molecule has 0 saturated carbocycles. The molecule has 1 aliphatic heterocycles. The zero-order valence-corrected chi connectivity index (χ0v) is 3.89. The quantitative estimate of drug-likeness (QED) is 0.335. The highest BCUT2D eigenvalue weighted by molar-refractivity contribution is 7.62. The second-order valence-corrected chi connectivity index (χ2v) is 2.56. The van der Waals surface area contributed by atoms with Crippen molar-refractivity contribution >= 4 is 13.6 Å². The average Bonchev–Trinajstić information content (AvgIpc) is 2.19. The van der Waals surface area contributed by atoms with E-state index in [2.05, 4.69) is 10.7 Å². The van der Waals surface area contributed by atoms with Crippen molar-refractivity contribution in [1.82, 2.24) is 0 Å². The summed E-state index contributed by atoms with van der Waals surface area (Å²) in [4.78, 5) is 14.1.